The number of hydrogen-bond acceptors (Lipinski definition) is 4. The number of carbonyl (C=O) groups is 1. The lowest BCUT2D eigenvalue weighted by Crippen LogP contribution is -2.38. The van der Waals surface area contributed by atoms with Crippen LogP contribution in [0, 0.1) is 22.5 Å². The van der Waals surface area contributed by atoms with Crippen LogP contribution in [0.5, 0.6) is 0 Å². The summed E-state index contributed by atoms with van der Waals surface area (Å²) in [5, 5.41) is 22.9. The van der Waals surface area contributed by atoms with Gasteiger partial charge in [0.15, 0.2) is 0 Å². The zero-order valence-corrected chi connectivity index (χ0v) is 11.4. The number of hydrogen-bond donors (Lipinski definition) is 2. The van der Waals surface area contributed by atoms with Gasteiger partial charge in [-0.05, 0) is 37.3 Å². The largest absolute Gasteiger partial charge is 0.481 e. The molecular formula is C14H18N2O4. The fraction of sp³-hybridized carbons (Fsp3) is 0.500. The maximum absolute atomic E-state index is 10.9. The average Bonchev–Trinajstić information content (AvgIpc) is 2.31. The Kier molecular flexibility index (Phi) is 3.92. The number of carboxylic acid groups (broad SMARTS) is 1. The summed E-state index contributed by atoms with van der Waals surface area (Å²) in [4.78, 5) is 21.2. The summed E-state index contributed by atoms with van der Waals surface area (Å²) in [6.45, 7) is 2.29. The van der Waals surface area contributed by atoms with Crippen molar-refractivity contribution in [2.75, 3.05) is 11.9 Å². The number of nitrogens with zero attached hydrogens (tertiary/aromatic N) is 1. The van der Waals surface area contributed by atoms with Gasteiger partial charge >= 0.3 is 5.97 Å². The Morgan fingerprint density at radius 3 is 2.65 bits per heavy atom. The number of carboxylic acids is 1. The van der Waals surface area contributed by atoms with Crippen molar-refractivity contribution in [3.8, 4) is 0 Å². The number of nitro groups is 1. The number of aliphatic carboxylic acids is 1. The first kappa shape index (κ1) is 14.3. The normalized spacial score (nSPS) is 16.2. The molecule has 1 aromatic carbocycles. The summed E-state index contributed by atoms with van der Waals surface area (Å²) in [5.74, 6) is -0.772. The molecule has 1 saturated carbocycles. The van der Waals surface area contributed by atoms with Gasteiger partial charge in [-0.15, -0.1) is 0 Å². The summed E-state index contributed by atoms with van der Waals surface area (Å²) in [6.07, 6.45) is 3.07. The maximum Gasteiger partial charge on any atom is 0.303 e. The van der Waals surface area contributed by atoms with Crippen molar-refractivity contribution in [1.82, 2.24) is 0 Å². The second-order valence-electron chi connectivity index (χ2n) is 5.54. The molecule has 0 heterocycles. The van der Waals surface area contributed by atoms with Crippen molar-refractivity contribution in [1.29, 1.82) is 0 Å². The van der Waals surface area contributed by atoms with Gasteiger partial charge in [0.05, 0.1) is 11.3 Å². The summed E-state index contributed by atoms with van der Waals surface area (Å²) in [5.41, 5.74) is 1.33. The van der Waals surface area contributed by atoms with Gasteiger partial charge in [-0.2, -0.15) is 0 Å². The zero-order valence-electron chi connectivity index (χ0n) is 11.4. The number of rotatable bonds is 6. The van der Waals surface area contributed by atoms with Crippen LogP contribution in [-0.2, 0) is 4.79 Å². The summed E-state index contributed by atoms with van der Waals surface area (Å²) in [7, 11) is 0. The molecule has 1 aromatic rings. The van der Waals surface area contributed by atoms with Crippen LogP contribution < -0.4 is 5.32 Å². The topological polar surface area (TPSA) is 92.5 Å². The van der Waals surface area contributed by atoms with Gasteiger partial charge in [0, 0.05) is 23.9 Å². The Balaban J connectivity index is 2.02. The Bertz CT molecular complexity index is 538. The number of nitrogens with one attached hydrogen (secondary N) is 1. The van der Waals surface area contributed by atoms with Crippen LogP contribution in [0.2, 0.25) is 0 Å². The van der Waals surface area contributed by atoms with Crippen molar-refractivity contribution in [2.45, 2.75) is 32.6 Å². The highest BCUT2D eigenvalue weighted by Gasteiger charge is 2.38. The first-order valence-electron chi connectivity index (χ1n) is 6.63. The monoisotopic (exact) mass is 278 g/mol. The van der Waals surface area contributed by atoms with E-state index in [0.29, 0.717) is 12.1 Å². The quantitative estimate of drug-likeness (QED) is 0.616. The fourth-order valence-corrected chi connectivity index (χ4v) is 2.67. The van der Waals surface area contributed by atoms with E-state index >= 15 is 0 Å². The van der Waals surface area contributed by atoms with E-state index in [4.69, 9.17) is 5.11 Å². The second kappa shape index (κ2) is 5.48. The summed E-state index contributed by atoms with van der Waals surface area (Å²) >= 11 is 0. The van der Waals surface area contributed by atoms with E-state index in [0.717, 1.165) is 24.9 Å². The van der Waals surface area contributed by atoms with Crippen LogP contribution in [0.1, 0.15) is 31.2 Å². The molecule has 0 atom stereocenters. The molecule has 6 heteroatoms. The van der Waals surface area contributed by atoms with Crippen molar-refractivity contribution in [3.63, 3.8) is 0 Å². The molecule has 108 valence electrons. The zero-order chi connectivity index (χ0) is 14.8. The molecule has 2 N–H and O–H groups in total. The van der Waals surface area contributed by atoms with Crippen molar-refractivity contribution in [2.24, 2.45) is 5.41 Å². The number of nitro benzene ring substituents is 1. The molecule has 0 unspecified atom stereocenters. The number of anilines is 1. The molecule has 0 bridgehead atoms. The highest BCUT2D eigenvalue weighted by Crippen LogP contribution is 2.44. The minimum Gasteiger partial charge on any atom is -0.481 e. The highest BCUT2D eigenvalue weighted by molar-refractivity contribution is 5.68. The van der Waals surface area contributed by atoms with E-state index in [9.17, 15) is 14.9 Å². The van der Waals surface area contributed by atoms with Crippen LogP contribution >= 0.6 is 0 Å². The fourth-order valence-electron chi connectivity index (χ4n) is 2.67. The first-order chi connectivity index (χ1) is 9.42. The predicted molar refractivity (Wildman–Crippen MR) is 74.9 cm³/mol. The standard InChI is InChI=1S/C14H18N2O4/c1-10-7-11(3-4-12(10)16(19)20)15-9-14(5-2-6-14)8-13(17)18/h3-4,7,15H,2,5-6,8-9H2,1H3,(H,17,18). The Labute approximate surface area is 117 Å². The van der Waals surface area contributed by atoms with E-state index in [-0.39, 0.29) is 17.5 Å². The molecule has 0 radical (unpaired) electrons. The molecule has 0 aromatic heterocycles. The molecular weight excluding hydrogens is 260 g/mol. The molecule has 0 amide bonds. The number of aryl methyl sites for hydroxylation is 1. The summed E-state index contributed by atoms with van der Waals surface area (Å²) < 4.78 is 0. The van der Waals surface area contributed by atoms with Gasteiger partial charge in [-0.25, -0.2) is 0 Å². The van der Waals surface area contributed by atoms with Crippen LogP contribution in [-0.4, -0.2) is 22.5 Å². The van der Waals surface area contributed by atoms with E-state index < -0.39 is 10.9 Å². The van der Waals surface area contributed by atoms with Gasteiger partial charge < -0.3 is 10.4 Å². The van der Waals surface area contributed by atoms with Gasteiger partial charge in [0.25, 0.3) is 5.69 Å². The molecule has 1 aliphatic carbocycles. The summed E-state index contributed by atoms with van der Waals surface area (Å²) in [6, 6.07) is 4.87. The predicted octanol–water partition coefficient (Wildman–Crippen LogP) is 2.96. The third-order valence-electron chi connectivity index (χ3n) is 4.00. The van der Waals surface area contributed by atoms with E-state index in [2.05, 4.69) is 5.32 Å². The molecule has 20 heavy (non-hydrogen) atoms. The van der Waals surface area contributed by atoms with Crippen molar-refractivity contribution >= 4 is 17.3 Å². The van der Waals surface area contributed by atoms with Gasteiger partial charge in [0.2, 0.25) is 0 Å². The van der Waals surface area contributed by atoms with Gasteiger partial charge in [-0.1, -0.05) is 6.42 Å². The molecule has 0 spiro atoms. The van der Waals surface area contributed by atoms with Crippen LogP contribution in [0.25, 0.3) is 0 Å². The number of benzene rings is 1. The molecule has 1 aliphatic rings. The second-order valence-corrected chi connectivity index (χ2v) is 5.54. The van der Waals surface area contributed by atoms with E-state index in [1.54, 1.807) is 19.1 Å². The minimum atomic E-state index is -0.772. The van der Waals surface area contributed by atoms with Gasteiger partial charge in [0.1, 0.15) is 0 Å². The van der Waals surface area contributed by atoms with Crippen LogP contribution in [0.3, 0.4) is 0 Å². The molecule has 0 saturated heterocycles. The van der Waals surface area contributed by atoms with Crippen LogP contribution in [0.4, 0.5) is 11.4 Å². The Morgan fingerprint density at radius 1 is 1.50 bits per heavy atom. The smallest absolute Gasteiger partial charge is 0.303 e. The first-order valence-corrected chi connectivity index (χ1v) is 6.63. The Hall–Kier alpha value is -2.11. The molecule has 0 aliphatic heterocycles. The van der Waals surface area contributed by atoms with E-state index in [1.165, 1.54) is 6.07 Å². The average molecular weight is 278 g/mol. The maximum atomic E-state index is 10.9. The van der Waals surface area contributed by atoms with Crippen LogP contribution in [0.15, 0.2) is 18.2 Å². The minimum absolute atomic E-state index is 0.0967. The van der Waals surface area contributed by atoms with Crippen molar-refractivity contribution < 1.29 is 14.8 Å². The molecule has 2 rings (SSSR count). The molecule has 1 fully saturated rings. The highest BCUT2D eigenvalue weighted by atomic mass is 16.6. The third-order valence-corrected chi connectivity index (χ3v) is 4.00. The Morgan fingerprint density at radius 2 is 2.20 bits per heavy atom. The van der Waals surface area contributed by atoms with E-state index in [1.807, 2.05) is 0 Å². The van der Waals surface area contributed by atoms with Crippen molar-refractivity contribution in [3.05, 3.63) is 33.9 Å². The third kappa shape index (κ3) is 3.07. The SMILES string of the molecule is Cc1cc(NCC2(CC(=O)O)CCC2)ccc1[N+](=O)[O-]. The lowest BCUT2D eigenvalue weighted by atomic mass is 9.66. The van der Waals surface area contributed by atoms with Gasteiger partial charge in [-0.3, -0.25) is 14.9 Å². The lowest BCUT2D eigenvalue weighted by molar-refractivity contribution is -0.385. The lowest BCUT2D eigenvalue weighted by Gasteiger charge is -2.41. The molecule has 6 nitrogen and oxygen atoms in total.